The third-order valence-electron chi connectivity index (χ3n) is 7.39. The van der Waals surface area contributed by atoms with Gasteiger partial charge in [0, 0.05) is 55.0 Å². The second-order valence-electron chi connectivity index (χ2n) is 10.5. The maximum atomic E-state index is 13.4. The summed E-state index contributed by atoms with van der Waals surface area (Å²) in [6.07, 6.45) is -9.52. The highest BCUT2D eigenvalue weighted by Crippen LogP contribution is 2.37. The summed E-state index contributed by atoms with van der Waals surface area (Å²) in [6, 6.07) is 18.6. The zero-order chi connectivity index (χ0) is 30.9. The molecular formula is C32H28F6N4O. The fourth-order valence-electron chi connectivity index (χ4n) is 5.15. The number of carbonyl (C=O) groups excluding carboxylic acids is 1. The molecule has 0 atom stereocenters. The molecule has 0 radical (unpaired) electrons. The second-order valence-corrected chi connectivity index (χ2v) is 10.5. The molecule has 1 saturated heterocycles. The molecule has 11 heteroatoms. The first kappa shape index (κ1) is 30.1. The summed E-state index contributed by atoms with van der Waals surface area (Å²) in [5.74, 6) is 0.327. The summed E-state index contributed by atoms with van der Waals surface area (Å²) in [4.78, 5) is 26.2. The Labute approximate surface area is 244 Å². The van der Waals surface area contributed by atoms with Gasteiger partial charge in [0.15, 0.2) is 5.82 Å². The summed E-state index contributed by atoms with van der Waals surface area (Å²) >= 11 is 0. The van der Waals surface area contributed by atoms with Gasteiger partial charge >= 0.3 is 12.4 Å². The molecule has 5 rings (SSSR count). The van der Waals surface area contributed by atoms with Crippen LogP contribution in [0.3, 0.4) is 0 Å². The molecule has 0 bridgehead atoms. The lowest BCUT2D eigenvalue weighted by atomic mass is 10.0. The predicted octanol–water partition coefficient (Wildman–Crippen LogP) is 7.35. The molecule has 1 amide bonds. The largest absolute Gasteiger partial charge is 0.416 e. The Kier molecular flexibility index (Phi) is 8.18. The van der Waals surface area contributed by atoms with E-state index in [-0.39, 0.29) is 32.2 Å². The number of piperazine rings is 1. The number of amides is 1. The first-order valence-corrected chi connectivity index (χ1v) is 13.6. The first-order chi connectivity index (χ1) is 20.3. The number of anilines is 1. The van der Waals surface area contributed by atoms with Crippen LogP contribution in [0.1, 0.15) is 43.9 Å². The van der Waals surface area contributed by atoms with Crippen LogP contribution < -0.4 is 4.90 Å². The second kappa shape index (κ2) is 11.7. The van der Waals surface area contributed by atoms with E-state index in [0.717, 1.165) is 27.9 Å². The molecule has 1 aliphatic heterocycles. The van der Waals surface area contributed by atoms with Crippen LogP contribution in [0.15, 0.2) is 72.8 Å². The van der Waals surface area contributed by atoms with Crippen LogP contribution >= 0.6 is 0 Å². The highest BCUT2D eigenvalue weighted by Gasteiger charge is 2.38. The number of aromatic nitrogens is 2. The third kappa shape index (κ3) is 6.81. The van der Waals surface area contributed by atoms with E-state index in [4.69, 9.17) is 9.97 Å². The average Bonchev–Trinajstić information content (AvgIpc) is 2.97. The van der Waals surface area contributed by atoms with Crippen molar-refractivity contribution in [3.63, 3.8) is 0 Å². The zero-order valence-corrected chi connectivity index (χ0v) is 23.4. The van der Waals surface area contributed by atoms with Crippen LogP contribution in [0.4, 0.5) is 32.2 Å². The predicted molar refractivity (Wildman–Crippen MR) is 151 cm³/mol. The molecule has 0 saturated carbocycles. The summed E-state index contributed by atoms with van der Waals surface area (Å²) in [7, 11) is 0. The molecule has 224 valence electrons. The topological polar surface area (TPSA) is 49.3 Å². The molecule has 1 fully saturated rings. The molecule has 3 aromatic carbocycles. The third-order valence-corrected chi connectivity index (χ3v) is 7.39. The van der Waals surface area contributed by atoms with Crippen LogP contribution in [0.5, 0.6) is 0 Å². The Balaban J connectivity index is 1.44. The van der Waals surface area contributed by atoms with Crippen molar-refractivity contribution < 1.29 is 31.1 Å². The minimum Gasteiger partial charge on any atom is -0.353 e. The number of hydrogen-bond acceptors (Lipinski definition) is 4. The van der Waals surface area contributed by atoms with Gasteiger partial charge in [-0.2, -0.15) is 26.3 Å². The molecule has 0 spiro atoms. The molecule has 5 nitrogen and oxygen atoms in total. The van der Waals surface area contributed by atoms with E-state index in [2.05, 4.69) is 0 Å². The number of benzene rings is 3. The fraction of sp³-hybridized carbons (Fsp3) is 0.281. The SMILES string of the molecule is Cc1cccc(-c2nc(C)c(Cc3ccccc3)c(N3CCN(C(=O)c4cc(C(F)(F)F)cc(C(F)(F)F)c4)CC3)n2)c1. The van der Waals surface area contributed by atoms with Crippen molar-refractivity contribution in [1.82, 2.24) is 14.9 Å². The standard InChI is InChI=1S/C32H28F6N4O/c1-20-7-6-10-23(15-20)28-39-21(2)27(16-22-8-4-3-5-9-22)29(40-28)41-11-13-42(14-12-41)30(43)24-17-25(31(33,34)35)19-26(18-24)32(36,37)38/h3-10,15,17-19H,11-14,16H2,1-2H3. The summed E-state index contributed by atoms with van der Waals surface area (Å²) < 4.78 is 80.2. The Morgan fingerprint density at radius 1 is 0.767 bits per heavy atom. The van der Waals surface area contributed by atoms with E-state index in [1.807, 2.05) is 73.3 Å². The molecule has 1 aliphatic rings. The molecule has 0 aliphatic carbocycles. The lowest BCUT2D eigenvalue weighted by Gasteiger charge is -2.36. The van der Waals surface area contributed by atoms with Gasteiger partial charge in [-0.25, -0.2) is 9.97 Å². The van der Waals surface area contributed by atoms with Crippen LogP contribution in [-0.4, -0.2) is 47.0 Å². The van der Waals surface area contributed by atoms with Crippen molar-refractivity contribution in [1.29, 1.82) is 0 Å². The molecule has 0 unspecified atom stereocenters. The molecule has 4 aromatic rings. The van der Waals surface area contributed by atoms with Gasteiger partial charge in [0.05, 0.1) is 11.1 Å². The monoisotopic (exact) mass is 598 g/mol. The number of rotatable bonds is 5. The molecule has 2 heterocycles. The van der Waals surface area contributed by atoms with Crippen molar-refractivity contribution in [3.05, 3.63) is 112 Å². The van der Waals surface area contributed by atoms with Gasteiger partial charge in [0.25, 0.3) is 5.91 Å². The van der Waals surface area contributed by atoms with Crippen molar-refractivity contribution >= 4 is 11.7 Å². The highest BCUT2D eigenvalue weighted by atomic mass is 19.4. The van der Waals surface area contributed by atoms with E-state index in [9.17, 15) is 31.1 Å². The van der Waals surface area contributed by atoms with Crippen LogP contribution in [0.25, 0.3) is 11.4 Å². The van der Waals surface area contributed by atoms with Crippen molar-refractivity contribution in [3.8, 4) is 11.4 Å². The normalized spacial score (nSPS) is 14.2. The smallest absolute Gasteiger partial charge is 0.353 e. The fourth-order valence-corrected chi connectivity index (χ4v) is 5.15. The maximum Gasteiger partial charge on any atom is 0.416 e. The number of hydrogen-bond donors (Lipinski definition) is 0. The van der Waals surface area contributed by atoms with Gasteiger partial charge in [-0.1, -0.05) is 54.1 Å². The molecular weight excluding hydrogens is 570 g/mol. The summed E-state index contributed by atoms with van der Waals surface area (Å²) in [5, 5.41) is 0. The van der Waals surface area contributed by atoms with E-state index in [0.29, 0.717) is 30.2 Å². The first-order valence-electron chi connectivity index (χ1n) is 13.6. The van der Waals surface area contributed by atoms with Gasteiger partial charge in [0.1, 0.15) is 5.82 Å². The Morgan fingerprint density at radius 3 is 1.98 bits per heavy atom. The molecule has 43 heavy (non-hydrogen) atoms. The molecule has 1 aromatic heterocycles. The number of aryl methyl sites for hydroxylation is 2. The van der Waals surface area contributed by atoms with Gasteiger partial charge in [-0.05, 0) is 43.7 Å². The average molecular weight is 599 g/mol. The van der Waals surface area contributed by atoms with Crippen molar-refractivity contribution in [2.45, 2.75) is 32.6 Å². The quantitative estimate of drug-likeness (QED) is 0.226. The van der Waals surface area contributed by atoms with Gasteiger partial charge < -0.3 is 9.80 Å². The van der Waals surface area contributed by atoms with Gasteiger partial charge in [-0.15, -0.1) is 0 Å². The Hall–Kier alpha value is -4.41. The minimum absolute atomic E-state index is 0.0201. The van der Waals surface area contributed by atoms with Crippen LogP contribution in [0.2, 0.25) is 0 Å². The van der Waals surface area contributed by atoms with Gasteiger partial charge in [-0.3, -0.25) is 4.79 Å². The van der Waals surface area contributed by atoms with E-state index < -0.39 is 35.0 Å². The summed E-state index contributed by atoms with van der Waals surface area (Å²) in [6.45, 7) is 4.62. The highest BCUT2D eigenvalue weighted by molar-refractivity contribution is 5.95. The summed E-state index contributed by atoms with van der Waals surface area (Å²) in [5.41, 5.74) is 0.934. The van der Waals surface area contributed by atoms with E-state index >= 15 is 0 Å². The molecule has 0 N–H and O–H groups in total. The Morgan fingerprint density at radius 2 is 1.40 bits per heavy atom. The van der Waals surface area contributed by atoms with Crippen molar-refractivity contribution in [2.75, 3.05) is 31.1 Å². The number of carbonyl (C=O) groups is 1. The number of halogens is 6. The maximum absolute atomic E-state index is 13.4. The van der Waals surface area contributed by atoms with E-state index in [1.54, 1.807) is 0 Å². The number of alkyl halides is 6. The lowest BCUT2D eigenvalue weighted by molar-refractivity contribution is -0.143. The Bertz CT molecular complexity index is 1600. The van der Waals surface area contributed by atoms with E-state index in [1.165, 1.54) is 4.90 Å². The van der Waals surface area contributed by atoms with Gasteiger partial charge in [0.2, 0.25) is 0 Å². The van der Waals surface area contributed by atoms with Crippen LogP contribution in [0, 0.1) is 13.8 Å². The lowest BCUT2D eigenvalue weighted by Crippen LogP contribution is -2.49. The minimum atomic E-state index is -5.04. The van der Waals surface area contributed by atoms with Crippen molar-refractivity contribution in [2.24, 2.45) is 0 Å². The van der Waals surface area contributed by atoms with Crippen LogP contribution in [-0.2, 0) is 18.8 Å². The zero-order valence-electron chi connectivity index (χ0n) is 23.4. The number of nitrogens with zero attached hydrogens (tertiary/aromatic N) is 4.